The van der Waals surface area contributed by atoms with E-state index in [9.17, 15) is 0 Å². The van der Waals surface area contributed by atoms with Crippen LogP contribution in [0.25, 0.3) is 0 Å². The smallest absolute Gasteiger partial charge is 0.121 e. The summed E-state index contributed by atoms with van der Waals surface area (Å²) < 4.78 is 5.34. The molecule has 1 aliphatic heterocycles. The van der Waals surface area contributed by atoms with Gasteiger partial charge in [0, 0.05) is 24.8 Å². The number of nitrogens with zero attached hydrogens (tertiary/aromatic N) is 1. The number of benzene rings is 1. The predicted molar refractivity (Wildman–Crippen MR) is 81.3 cm³/mol. The van der Waals surface area contributed by atoms with Gasteiger partial charge in [0.05, 0.1) is 7.11 Å². The summed E-state index contributed by atoms with van der Waals surface area (Å²) in [7, 11) is 1.73. The molecule has 0 aromatic heterocycles. The molecular weight excluding hydrogens is 236 g/mol. The molecule has 1 fully saturated rings. The highest BCUT2D eigenvalue weighted by atomic mass is 16.5. The fraction of sp³-hybridized carbons (Fsp3) is 0.625. The van der Waals surface area contributed by atoms with Gasteiger partial charge in [0.2, 0.25) is 0 Å². The topological polar surface area (TPSA) is 24.5 Å². The molecule has 1 atom stereocenters. The van der Waals surface area contributed by atoms with Gasteiger partial charge in [0.25, 0.3) is 0 Å². The Bertz CT molecular complexity index is 406. The maximum Gasteiger partial charge on any atom is 0.121 e. The van der Waals surface area contributed by atoms with E-state index in [1.165, 1.54) is 30.5 Å². The summed E-state index contributed by atoms with van der Waals surface area (Å²) in [5.74, 6) is 0.976. The highest BCUT2D eigenvalue weighted by molar-refractivity contribution is 5.52. The number of rotatable bonds is 3. The standard InChI is InChI=1S/C16H26N2O/c1-4-14-8-11-18(10-5-9-17-14)15-6-7-16(19-3)13(2)12-15/h6-7,12,14,17H,4-5,8-11H2,1-3H3. The van der Waals surface area contributed by atoms with Gasteiger partial charge >= 0.3 is 0 Å². The van der Waals surface area contributed by atoms with Gasteiger partial charge in [-0.15, -0.1) is 0 Å². The van der Waals surface area contributed by atoms with Crippen LogP contribution in [-0.2, 0) is 0 Å². The Kier molecular flexibility index (Phi) is 5.08. The predicted octanol–water partition coefficient (Wildman–Crippen LogP) is 2.97. The summed E-state index contributed by atoms with van der Waals surface area (Å²) in [5.41, 5.74) is 2.54. The molecule has 1 aromatic rings. The number of anilines is 1. The molecule has 3 nitrogen and oxygen atoms in total. The molecule has 1 saturated heterocycles. The van der Waals surface area contributed by atoms with Crippen LogP contribution >= 0.6 is 0 Å². The number of hydrogen-bond donors (Lipinski definition) is 1. The second-order valence-electron chi connectivity index (χ2n) is 5.34. The first-order valence-corrected chi connectivity index (χ1v) is 7.37. The van der Waals surface area contributed by atoms with E-state index in [0.717, 1.165) is 25.4 Å². The molecule has 0 spiro atoms. The first-order valence-electron chi connectivity index (χ1n) is 7.37. The molecule has 0 bridgehead atoms. The van der Waals surface area contributed by atoms with Crippen LogP contribution in [0.5, 0.6) is 5.75 Å². The van der Waals surface area contributed by atoms with Crippen molar-refractivity contribution < 1.29 is 4.74 Å². The molecule has 2 rings (SSSR count). The molecule has 0 amide bonds. The molecule has 3 heteroatoms. The fourth-order valence-corrected chi connectivity index (χ4v) is 2.77. The Morgan fingerprint density at radius 3 is 2.89 bits per heavy atom. The van der Waals surface area contributed by atoms with Crippen LogP contribution < -0.4 is 15.0 Å². The Balaban J connectivity index is 2.08. The summed E-state index contributed by atoms with van der Waals surface area (Å²) >= 11 is 0. The van der Waals surface area contributed by atoms with Crippen LogP contribution in [-0.4, -0.2) is 32.8 Å². The Morgan fingerprint density at radius 1 is 1.37 bits per heavy atom. The average Bonchev–Trinajstić information content (AvgIpc) is 2.39. The number of nitrogens with one attached hydrogen (secondary N) is 1. The van der Waals surface area contributed by atoms with Gasteiger partial charge < -0.3 is 15.0 Å². The molecular formula is C16H26N2O. The summed E-state index contributed by atoms with van der Waals surface area (Å²) in [4.78, 5) is 2.51. The van der Waals surface area contributed by atoms with Gasteiger partial charge in [-0.05, 0) is 56.5 Å². The van der Waals surface area contributed by atoms with Crippen LogP contribution in [0.15, 0.2) is 18.2 Å². The molecule has 19 heavy (non-hydrogen) atoms. The third kappa shape index (κ3) is 3.63. The molecule has 0 saturated carbocycles. The highest BCUT2D eigenvalue weighted by Crippen LogP contribution is 2.25. The zero-order valence-corrected chi connectivity index (χ0v) is 12.4. The van der Waals surface area contributed by atoms with Gasteiger partial charge in [-0.2, -0.15) is 0 Å². The third-order valence-electron chi connectivity index (χ3n) is 4.02. The van der Waals surface area contributed by atoms with Crippen LogP contribution in [0.3, 0.4) is 0 Å². The minimum absolute atomic E-state index is 0.669. The van der Waals surface area contributed by atoms with Gasteiger partial charge in [0.15, 0.2) is 0 Å². The fourth-order valence-electron chi connectivity index (χ4n) is 2.77. The Hall–Kier alpha value is -1.22. The van der Waals surface area contributed by atoms with Crippen molar-refractivity contribution in [2.45, 2.75) is 39.2 Å². The van der Waals surface area contributed by atoms with E-state index in [2.05, 4.69) is 42.3 Å². The Labute approximate surface area is 116 Å². The van der Waals surface area contributed by atoms with Gasteiger partial charge in [-0.25, -0.2) is 0 Å². The first-order chi connectivity index (χ1) is 9.24. The van der Waals surface area contributed by atoms with Gasteiger partial charge in [0.1, 0.15) is 5.75 Å². The van der Waals surface area contributed by atoms with Crippen molar-refractivity contribution in [3.63, 3.8) is 0 Å². The van der Waals surface area contributed by atoms with E-state index < -0.39 is 0 Å². The summed E-state index contributed by atoms with van der Waals surface area (Å²) in [6, 6.07) is 7.18. The quantitative estimate of drug-likeness (QED) is 0.906. The van der Waals surface area contributed by atoms with Crippen LogP contribution in [0.2, 0.25) is 0 Å². The van der Waals surface area contributed by atoms with Crippen molar-refractivity contribution in [2.24, 2.45) is 0 Å². The minimum Gasteiger partial charge on any atom is -0.496 e. The van der Waals surface area contributed by atoms with E-state index in [-0.39, 0.29) is 0 Å². The van der Waals surface area contributed by atoms with Crippen molar-refractivity contribution >= 4 is 5.69 Å². The summed E-state index contributed by atoms with van der Waals surface area (Å²) in [6.45, 7) is 7.78. The second-order valence-corrected chi connectivity index (χ2v) is 5.34. The second kappa shape index (κ2) is 6.80. The zero-order valence-electron chi connectivity index (χ0n) is 12.4. The molecule has 1 unspecified atom stereocenters. The molecule has 1 heterocycles. The third-order valence-corrected chi connectivity index (χ3v) is 4.02. The first kappa shape index (κ1) is 14.2. The summed E-state index contributed by atoms with van der Waals surface area (Å²) in [6.07, 6.45) is 3.65. The van der Waals surface area contributed by atoms with Crippen molar-refractivity contribution in [2.75, 3.05) is 31.6 Å². The van der Waals surface area contributed by atoms with Crippen molar-refractivity contribution in [3.05, 3.63) is 23.8 Å². The molecule has 1 aliphatic rings. The van der Waals surface area contributed by atoms with Crippen molar-refractivity contribution in [1.29, 1.82) is 0 Å². The van der Waals surface area contributed by atoms with Crippen molar-refractivity contribution in [3.8, 4) is 5.75 Å². The van der Waals surface area contributed by atoms with Crippen LogP contribution in [0.4, 0.5) is 5.69 Å². The number of aryl methyl sites for hydroxylation is 1. The monoisotopic (exact) mass is 262 g/mol. The maximum atomic E-state index is 5.34. The molecule has 1 N–H and O–H groups in total. The van der Waals surface area contributed by atoms with E-state index in [4.69, 9.17) is 4.74 Å². The minimum atomic E-state index is 0.669. The largest absolute Gasteiger partial charge is 0.496 e. The van der Waals surface area contributed by atoms with E-state index in [1.807, 2.05) is 0 Å². The molecule has 0 aliphatic carbocycles. The van der Waals surface area contributed by atoms with Gasteiger partial charge in [-0.1, -0.05) is 6.92 Å². The average molecular weight is 262 g/mol. The molecule has 0 radical (unpaired) electrons. The lowest BCUT2D eigenvalue weighted by molar-refractivity contribution is 0.411. The number of hydrogen-bond acceptors (Lipinski definition) is 3. The van der Waals surface area contributed by atoms with E-state index >= 15 is 0 Å². The Morgan fingerprint density at radius 2 is 2.21 bits per heavy atom. The molecule has 1 aromatic carbocycles. The van der Waals surface area contributed by atoms with E-state index in [1.54, 1.807) is 7.11 Å². The highest BCUT2D eigenvalue weighted by Gasteiger charge is 2.14. The number of ether oxygens (including phenoxy) is 1. The van der Waals surface area contributed by atoms with Crippen molar-refractivity contribution in [1.82, 2.24) is 5.32 Å². The summed E-state index contributed by atoms with van der Waals surface area (Å²) in [5, 5.41) is 3.63. The van der Waals surface area contributed by atoms with Crippen LogP contribution in [0, 0.1) is 6.92 Å². The SMILES string of the molecule is CCC1CCN(c2ccc(OC)c(C)c2)CCCN1. The lowest BCUT2D eigenvalue weighted by Crippen LogP contribution is -2.39. The maximum absolute atomic E-state index is 5.34. The lowest BCUT2D eigenvalue weighted by Gasteiger charge is -2.31. The van der Waals surface area contributed by atoms with Crippen LogP contribution in [0.1, 0.15) is 31.7 Å². The normalized spacial score (nSPS) is 20.8. The number of methoxy groups -OCH3 is 1. The van der Waals surface area contributed by atoms with Gasteiger partial charge in [-0.3, -0.25) is 0 Å². The lowest BCUT2D eigenvalue weighted by atomic mass is 10.1. The zero-order chi connectivity index (χ0) is 13.7. The molecule has 106 valence electrons. The van der Waals surface area contributed by atoms with E-state index in [0.29, 0.717) is 6.04 Å².